The quantitative estimate of drug-likeness (QED) is 0.363. The van der Waals surface area contributed by atoms with Crippen molar-refractivity contribution < 1.29 is 19.1 Å². The van der Waals surface area contributed by atoms with Crippen molar-refractivity contribution in [3.63, 3.8) is 0 Å². The van der Waals surface area contributed by atoms with Crippen molar-refractivity contribution in [1.29, 1.82) is 0 Å². The molecule has 1 rings (SSSR count). The molecule has 0 aliphatic carbocycles. The Kier molecular flexibility index (Phi) is 13.0. The molecule has 190 valence electrons. The van der Waals surface area contributed by atoms with Crippen LogP contribution in [0.1, 0.15) is 90.3 Å². The van der Waals surface area contributed by atoms with E-state index in [0.29, 0.717) is 18.7 Å². The number of carbonyl (C=O) groups excluding carboxylic acids is 3. The van der Waals surface area contributed by atoms with Gasteiger partial charge in [0.05, 0.1) is 0 Å². The molecule has 0 saturated heterocycles. The van der Waals surface area contributed by atoms with Gasteiger partial charge in [0, 0.05) is 13.1 Å². The monoisotopic (exact) mass is 473 g/mol. The van der Waals surface area contributed by atoms with E-state index in [2.05, 4.69) is 31.1 Å². The number of amides is 3. The summed E-state index contributed by atoms with van der Waals surface area (Å²) in [5, 5.41) is 5.52. The third kappa shape index (κ3) is 10.9. The van der Waals surface area contributed by atoms with Gasteiger partial charge in [-0.15, -0.1) is 0 Å². The molecule has 0 aliphatic rings. The molecular formula is C27H43N3O4. The summed E-state index contributed by atoms with van der Waals surface area (Å²) >= 11 is 0. The number of hydrogen-bond donors (Lipinski definition) is 2. The highest BCUT2D eigenvalue weighted by atomic mass is 16.6. The van der Waals surface area contributed by atoms with Gasteiger partial charge in [0.25, 0.3) is 0 Å². The number of hydrogen-bond acceptors (Lipinski definition) is 4. The Bertz CT molecular complexity index is 801. The summed E-state index contributed by atoms with van der Waals surface area (Å²) in [6.07, 6.45) is 6.71. The summed E-state index contributed by atoms with van der Waals surface area (Å²) in [5.41, 5.74) is 0.918. The zero-order valence-electron chi connectivity index (χ0n) is 21.6. The first-order valence-corrected chi connectivity index (χ1v) is 12.4. The number of ether oxygens (including phenoxy) is 1. The van der Waals surface area contributed by atoms with Gasteiger partial charge in [-0.3, -0.25) is 9.59 Å². The fourth-order valence-electron chi connectivity index (χ4n) is 3.48. The molecule has 0 aliphatic heterocycles. The first-order valence-electron chi connectivity index (χ1n) is 12.4. The Morgan fingerprint density at radius 3 is 2.38 bits per heavy atom. The maximum absolute atomic E-state index is 13.3. The Morgan fingerprint density at radius 2 is 1.76 bits per heavy atom. The van der Waals surface area contributed by atoms with E-state index in [0.717, 1.165) is 44.1 Å². The summed E-state index contributed by atoms with van der Waals surface area (Å²) < 4.78 is 5.26. The third-order valence-electron chi connectivity index (χ3n) is 5.21. The van der Waals surface area contributed by atoms with E-state index in [9.17, 15) is 14.4 Å². The highest BCUT2D eigenvalue weighted by Crippen LogP contribution is 2.24. The largest absolute Gasteiger partial charge is 0.444 e. The predicted octanol–water partition coefficient (Wildman–Crippen LogP) is 5.22. The Morgan fingerprint density at radius 1 is 1.06 bits per heavy atom. The lowest BCUT2D eigenvalue weighted by atomic mass is 10.0. The SMILES string of the molecule is C=Cc1cccc(C(C(=O)NCCCC)N(CCCCCC)C(=O)CNC(=O)OC(C)(C)C)c1. The molecule has 1 atom stereocenters. The van der Waals surface area contributed by atoms with E-state index >= 15 is 0 Å². The molecular weight excluding hydrogens is 430 g/mol. The van der Waals surface area contributed by atoms with Gasteiger partial charge in [0.1, 0.15) is 18.2 Å². The molecule has 0 heterocycles. The average molecular weight is 474 g/mol. The first-order chi connectivity index (χ1) is 16.1. The number of alkyl carbamates (subject to hydrolysis) is 1. The highest BCUT2D eigenvalue weighted by Gasteiger charge is 2.31. The van der Waals surface area contributed by atoms with Gasteiger partial charge in [0.15, 0.2) is 0 Å². The number of nitrogens with one attached hydrogen (secondary N) is 2. The van der Waals surface area contributed by atoms with Gasteiger partial charge >= 0.3 is 6.09 Å². The lowest BCUT2D eigenvalue weighted by Gasteiger charge is -2.32. The van der Waals surface area contributed by atoms with E-state index in [1.807, 2.05) is 24.3 Å². The minimum atomic E-state index is -0.800. The summed E-state index contributed by atoms with van der Waals surface area (Å²) in [7, 11) is 0. The van der Waals surface area contributed by atoms with Crippen LogP contribution in [-0.4, -0.2) is 48.0 Å². The molecule has 34 heavy (non-hydrogen) atoms. The Labute approximate surface area is 205 Å². The Hall–Kier alpha value is -2.83. The molecule has 1 unspecified atom stereocenters. The first kappa shape index (κ1) is 29.2. The van der Waals surface area contributed by atoms with Crippen LogP contribution in [0.2, 0.25) is 0 Å². The second-order valence-electron chi connectivity index (χ2n) is 9.42. The molecule has 0 radical (unpaired) electrons. The van der Waals surface area contributed by atoms with Crippen molar-refractivity contribution in [2.45, 2.75) is 84.8 Å². The van der Waals surface area contributed by atoms with Gasteiger partial charge in [-0.2, -0.15) is 0 Å². The van der Waals surface area contributed by atoms with Crippen molar-refractivity contribution >= 4 is 24.0 Å². The second-order valence-corrected chi connectivity index (χ2v) is 9.42. The van der Waals surface area contributed by atoms with E-state index in [1.165, 1.54) is 0 Å². The van der Waals surface area contributed by atoms with Crippen molar-refractivity contribution in [3.8, 4) is 0 Å². The smallest absolute Gasteiger partial charge is 0.408 e. The van der Waals surface area contributed by atoms with Crippen LogP contribution in [0.15, 0.2) is 30.8 Å². The lowest BCUT2D eigenvalue weighted by Crippen LogP contribution is -2.48. The van der Waals surface area contributed by atoms with E-state index < -0.39 is 17.7 Å². The van der Waals surface area contributed by atoms with Crippen LogP contribution in [0.4, 0.5) is 4.79 Å². The molecule has 0 aromatic heterocycles. The van der Waals surface area contributed by atoms with Crippen LogP contribution in [0.25, 0.3) is 6.08 Å². The zero-order valence-corrected chi connectivity index (χ0v) is 21.6. The standard InChI is InChI=1S/C27H43N3O4/c1-7-10-12-13-18-30(23(31)20-29-26(33)34-27(4,5)6)24(25(32)28-17-11-8-2)22-16-14-15-21(9-3)19-22/h9,14-16,19,24H,3,7-8,10-13,17-18,20H2,1-2,4-6H3,(H,28,32)(H,29,33). The second kappa shape index (κ2) is 15.1. The summed E-state index contributed by atoms with van der Waals surface area (Å²) in [5.74, 6) is -0.558. The van der Waals surface area contributed by atoms with Crippen LogP contribution in [0.5, 0.6) is 0 Å². The molecule has 7 nitrogen and oxygen atoms in total. The maximum atomic E-state index is 13.3. The number of nitrogens with zero attached hydrogens (tertiary/aromatic N) is 1. The third-order valence-corrected chi connectivity index (χ3v) is 5.21. The molecule has 0 saturated carbocycles. The highest BCUT2D eigenvalue weighted by molar-refractivity contribution is 5.90. The number of carbonyl (C=O) groups is 3. The van der Waals surface area contributed by atoms with Crippen LogP contribution in [0, 0.1) is 0 Å². The van der Waals surface area contributed by atoms with Crippen LogP contribution >= 0.6 is 0 Å². The van der Waals surface area contributed by atoms with Gasteiger partial charge < -0.3 is 20.3 Å². The van der Waals surface area contributed by atoms with Gasteiger partial charge in [-0.05, 0) is 50.8 Å². The fraction of sp³-hybridized carbons (Fsp3) is 0.593. The summed E-state index contributed by atoms with van der Waals surface area (Å²) in [4.78, 5) is 40.4. The van der Waals surface area contributed by atoms with Gasteiger partial charge in [-0.1, -0.05) is 70.4 Å². The summed E-state index contributed by atoms with van der Waals surface area (Å²) in [6, 6.07) is 6.69. The van der Waals surface area contributed by atoms with E-state index in [1.54, 1.807) is 31.7 Å². The molecule has 1 aromatic carbocycles. The minimum Gasteiger partial charge on any atom is -0.444 e. The van der Waals surface area contributed by atoms with E-state index in [-0.39, 0.29) is 18.4 Å². The molecule has 3 amide bonds. The predicted molar refractivity (Wildman–Crippen MR) is 137 cm³/mol. The topological polar surface area (TPSA) is 87.7 Å². The van der Waals surface area contributed by atoms with Crippen LogP contribution < -0.4 is 10.6 Å². The lowest BCUT2D eigenvalue weighted by molar-refractivity contribution is -0.140. The van der Waals surface area contributed by atoms with Crippen LogP contribution in [0.3, 0.4) is 0 Å². The number of unbranched alkanes of at least 4 members (excludes halogenated alkanes) is 4. The van der Waals surface area contributed by atoms with Crippen LogP contribution in [-0.2, 0) is 14.3 Å². The average Bonchev–Trinajstić information content (AvgIpc) is 2.78. The molecule has 1 aromatic rings. The molecule has 2 N–H and O–H groups in total. The maximum Gasteiger partial charge on any atom is 0.408 e. The molecule has 0 bridgehead atoms. The normalized spacial score (nSPS) is 11.9. The van der Waals surface area contributed by atoms with E-state index in [4.69, 9.17) is 4.74 Å². The van der Waals surface area contributed by atoms with Crippen molar-refractivity contribution in [3.05, 3.63) is 42.0 Å². The van der Waals surface area contributed by atoms with Crippen molar-refractivity contribution in [2.75, 3.05) is 19.6 Å². The number of benzene rings is 1. The number of rotatable bonds is 14. The molecule has 0 fully saturated rings. The molecule has 7 heteroatoms. The van der Waals surface area contributed by atoms with Gasteiger partial charge in [0.2, 0.25) is 11.8 Å². The molecule has 0 spiro atoms. The van der Waals surface area contributed by atoms with Crippen molar-refractivity contribution in [1.82, 2.24) is 15.5 Å². The fourth-order valence-corrected chi connectivity index (χ4v) is 3.48. The summed E-state index contributed by atoms with van der Waals surface area (Å²) in [6.45, 7) is 14.0. The Balaban J connectivity index is 3.20. The van der Waals surface area contributed by atoms with Gasteiger partial charge in [-0.25, -0.2) is 4.79 Å². The minimum absolute atomic E-state index is 0.226. The van der Waals surface area contributed by atoms with Crippen molar-refractivity contribution in [2.24, 2.45) is 0 Å². The zero-order chi connectivity index (χ0) is 25.6.